The van der Waals surface area contributed by atoms with Crippen molar-refractivity contribution in [3.05, 3.63) is 24.3 Å². The van der Waals surface area contributed by atoms with Crippen LogP contribution in [0.3, 0.4) is 0 Å². The van der Waals surface area contributed by atoms with E-state index in [1.165, 1.54) is 32.5 Å². The predicted octanol–water partition coefficient (Wildman–Crippen LogP) is 0.908. The van der Waals surface area contributed by atoms with Crippen LogP contribution in [0.25, 0.3) is 0 Å². The number of aromatic nitrogens is 2. The fraction of sp³-hybridized carbons (Fsp3) is 0.667. The quantitative estimate of drug-likeness (QED) is 0.819. The zero-order valence-corrected chi connectivity index (χ0v) is 9.89. The molecule has 4 heteroatoms. The van der Waals surface area contributed by atoms with Gasteiger partial charge in [-0.2, -0.15) is 0 Å². The van der Waals surface area contributed by atoms with Gasteiger partial charge in [0.2, 0.25) is 0 Å². The van der Waals surface area contributed by atoms with Crippen molar-refractivity contribution in [1.29, 1.82) is 0 Å². The van der Waals surface area contributed by atoms with Crippen molar-refractivity contribution in [2.24, 2.45) is 5.92 Å². The number of piperidine rings is 1. The summed E-state index contributed by atoms with van der Waals surface area (Å²) in [5.74, 6) is 0.841. The largest absolute Gasteiger partial charge is 0.317 e. The lowest BCUT2D eigenvalue weighted by atomic mass is 9.98. The first-order valence-electron chi connectivity index (χ1n) is 5.99. The minimum absolute atomic E-state index is 0.841. The number of hydrogen-bond donors (Lipinski definition) is 1. The third-order valence-corrected chi connectivity index (χ3v) is 3.10. The van der Waals surface area contributed by atoms with Crippen molar-refractivity contribution in [3.63, 3.8) is 0 Å². The van der Waals surface area contributed by atoms with E-state index in [9.17, 15) is 0 Å². The third-order valence-electron chi connectivity index (χ3n) is 3.10. The molecule has 0 aliphatic carbocycles. The molecule has 16 heavy (non-hydrogen) atoms. The van der Waals surface area contributed by atoms with Crippen molar-refractivity contribution in [2.45, 2.75) is 19.4 Å². The molecule has 1 saturated heterocycles. The van der Waals surface area contributed by atoms with Crippen molar-refractivity contribution in [1.82, 2.24) is 20.2 Å². The highest BCUT2D eigenvalue weighted by atomic mass is 15.1. The Kier molecular flexibility index (Phi) is 4.25. The average Bonchev–Trinajstić information content (AvgIpc) is 2.31. The lowest BCUT2D eigenvalue weighted by Gasteiger charge is -2.27. The molecule has 0 amide bonds. The highest BCUT2D eigenvalue weighted by molar-refractivity contribution is 4.97. The van der Waals surface area contributed by atoms with Gasteiger partial charge in [0.1, 0.15) is 6.33 Å². The smallest absolute Gasteiger partial charge is 0.115 e. The topological polar surface area (TPSA) is 41.1 Å². The third kappa shape index (κ3) is 3.54. The molecule has 4 nitrogen and oxygen atoms in total. The van der Waals surface area contributed by atoms with Gasteiger partial charge < -0.3 is 10.2 Å². The van der Waals surface area contributed by atoms with Crippen molar-refractivity contribution in [2.75, 3.05) is 26.7 Å². The van der Waals surface area contributed by atoms with Gasteiger partial charge in [0, 0.05) is 19.3 Å². The van der Waals surface area contributed by atoms with Crippen LogP contribution < -0.4 is 5.32 Å². The lowest BCUT2D eigenvalue weighted by Crippen LogP contribution is -2.34. The van der Waals surface area contributed by atoms with Crippen LogP contribution in [-0.4, -0.2) is 41.5 Å². The standard InChI is InChI=1S/C12H20N4/c1-16(8-11-2-5-13-6-3-11)9-12-4-7-14-10-15-12/h4,7,10-11,13H,2-3,5-6,8-9H2,1H3. The summed E-state index contributed by atoms with van der Waals surface area (Å²) in [5.41, 5.74) is 1.10. The molecule has 0 saturated carbocycles. The van der Waals surface area contributed by atoms with E-state index < -0.39 is 0 Å². The zero-order valence-electron chi connectivity index (χ0n) is 9.89. The second-order valence-corrected chi connectivity index (χ2v) is 4.59. The van der Waals surface area contributed by atoms with Gasteiger partial charge >= 0.3 is 0 Å². The van der Waals surface area contributed by atoms with Crippen LogP contribution in [-0.2, 0) is 6.54 Å². The molecule has 1 aromatic heterocycles. The Bertz CT molecular complexity index is 295. The Balaban J connectivity index is 1.77. The first-order chi connectivity index (χ1) is 7.84. The molecule has 1 aliphatic rings. The van der Waals surface area contributed by atoms with Crippen molar-refractivity contribution < 1.29 is 0 Å². The maximum Gasteiger partial charge on any atom is 0.115 e. The molecule has 1 aromatic rings. The molecule has 1 N–H and O–H groups in total. The summed E-state index contributed by atoms with van der Waals surface area (Å²) >= 11 is 0. The number of hydrogen-bond acceptors (Lipinski definition) is 4. The summed E-state index contributed by atoms with van der Waals surface area (Å²) in [4.78, 5) is 10.5. The summed E-state index contributed by atoms with van der Waals surface area (Å²) < 4.78 is 0. The van der Waals surface area contributed by atoms with E-state index >= 15 is 0 Å². The molecular formula is C12H20N4. The van der Waals surface area contributed by atoms with Gasteiger partial charge in [0.15, 0.2) is 0 Å². The van der Waals surface area contributed by atoms with Crippen LogP contribution >= 0.6 is 0 Å². The zero-order chi connectivity index (χ0) is 11.2. The second-order valence-electron chi connectivity index (χ2n) is 4.59. The van der Waals surface area contributed by atoms with Crippen LogP contribution in [0.2, 0.25) is 0 Å². The minimum atomic E-state index is 0.841. The second kappa shape index (κ2) is 5.92. The summed E-state index contributed by atoms with van der Waals surface area (Å²) in [6, 6.07) is 1.99. The van der Waals surface area contributed by atoms with Gasteiger partial charge in [0.25, 0.3) is 0 Å². The molecule has 1 fully saturated rings. The monoisotopic (exact) mass is 220 g/mol. The summed E-state index contributed by atoms with van der Waals surface area (Å²) in [5, 5.41) is 3.40. The Morgan fingerprint density at radius 1 is 1.44 bits per heavy atom. The first kappa shape index (κ1) is 11.5. The van der Waals surface area contributed by atoms with E-state index in [0.717, 1.165) is 18.2 Å². The maximum absolute atomic E-state index is 4.25. The lowest BCUT2D eigenvalue weighted by molar-refractivity contribution is 0.232. The van der Waals surface area contributed by atoms with Gasteiger partial charge in [-0.25, -0.2) is 9.97 Å². The number of nitrogens with zero attached hydrogens (tertiary/aromatic N) is 3. The fourth-order valence-corrected chi connectivity index (χ4v) is 2.26. The molecule has 88 valence electrons. The molecule has 0 radical (unpaired) electrons. The van der Waals surface area contributed by atoms with Crippen LogP contribution in [0.4, 0.5) is 0 Å². The maximum atomic E-state index is 4.25. The number of rotatable bonds is 4. The summed E-state index contributed by atoms with van der Waals surface area (Å²) in [6.07, 6.45) is 6.02. The van der Waals surface area contributed by atoms with Crippen LogP contribution in [0.1, 0.15) is 18.5 Å². The van der Waals surface area contributed by atoms with E-state index in [2.05, 4.69) is 27.2 Å². The Morgan fingerprint density at radius 3 is 2.94 bits per heavy atom. The Hall–Kier alpha value is -1.00. The molecule has 0 unspecified atom stereocenters. The molecule has 0 aromatic carbocycles. The summed E-state index contributed by atoms with van der Waals surface area (Å²) in [7, 11) is 2.17. The molecule has 0 atom stereocenters. The first-order valence-corrected chi connectivity index (χ1v) is 5.99. The molecular weight excluding hydrogens is 200 g/mol. The molecule has 0 bridgehead atoms. The Morgan fingerprint density at radius 2 is 2.25 bits per heavy atom. The van der Waals surface area contributed by atoms with Crippen LogP contribution in [0.15, 0.2) is 18.6 Å². The SMILES string of the molecule is CN(Cc1ccncn1)CC1CCNCC1. The van der Waals surface area contributed by atoms with E-state index in [4.69, 9.17) is 0 Å². The van der Waals surface area contributed by atoms with Crippen molar-refractivity contribution in [3.8, 4) is 0 Å². The van der Waals surface area contributed by atoms with Gasteiger partial charge in [-0.3, -0.25) is 0 Å². The molecule has 0 spiro atoms. The highest BCUT2D eigenvalue weighted by Crippen LogP contribution is 2.13. The van der Waals surface area contributed by atoms with Crippen molar-refractivity contribution >= 4 is 0 Å². The van der Waals surface area contributed by atoms with E-state index in [-0.39, 0.29) is 0 Å². The fourth-order valence-electron chi connectivity index (χ4n) is 2.26. The predicted molar refractivity (Wildman–Crippen MR) is 64.0 cm³/mol. The van der Waals surface area contributed by atoms with Gasteiger partial charge in [-0.1, -0.05) is 0 Å². The van der Waals surface area contributed by atoms with Gasteiger partial charge in [0.05, 0.1) is 5.69 Å². The van der Waals surface area contributed by atoms with Gasteiger partial charge in [-0.05, 0) is 45.0 Å². The van der Waals surface area contributed by atoms with Gasteiger partial charge in [-0.15, -0.1) is 0 Å². The average molecular weight is 220 g/mol. The van der Waals surface area contributed by atoms with E-state index in [0.29, 0.717) is 0 Å². The van der Waals surface area contributed by atoms with Crippen LogP contribution in [0.5, 0.6) is 0 Å². The summed E-state index contributed by atoms with van der Waals surface area (Å²) in [6.45, 7) is 4.44. The van der Waals surface area contributed by atoms with E-state index in [1.807, 2.05) is 6.07 Å². The minimum Gasteiger partial charge on any atom is -0.317 e. The molecule has 2 heterocycles. The van der Waals surface area contributed by atoms with Crippen LogP contribution in [0, 0.1) is 5.92 Å². The highest BCUT2D eigenvalue weighted by Gasteiger charge is 2.15. The molecule has 1 aliphatic heterocycles. The normalized spacial score (nSPS) is 17.9. The Labute approximate surface area is 97.1 Å². The number of nitrogens with one attached hydrogen (secondary N) is 1. The van der Waals surface area contributed by atoms with E-state index in [1.54, 1.807) is 12.5 Å². The molecule has 2 rings (SSSR count).